The van der Waals surface area contributed by atoms with Crippen molar-refractivity contribution in [1.29, 1.82) is 0 Å². The lowest BCUT2D eigenvalue weighted by Crippen LogP contribution is -2.51. The first kappa shape index (κ1) is 14.8. The Bertz CT molecular complexity index is 501. The maximum absolute atomic E-state index is 12.1. The summed E-state index contributed by atoms with van der Waals surface area (Å²) in [7, 11) is 1.83. The van der Waals surface area contributed by atoms with Gasteiger partial charge in [-0.25, -0.2) is 4.79 Å². The van der Waals surface area contributed by atoms with Crippen LogP contribution < -0.4 is 0 Å². The monoisotopic (exact) mass is 297 g/mol. The topological polar surface area (TPSA) is 76.0 Å². The molecule has 0 bridgehead atoms. The molecule has 2 rings (SSSR count). The second-order valence-electron chi connectivity index (χ2n) is 5.02. The zero-order valence-electron chi connectivity index (χ0n) is 11.2. The number of likely N-dealkylation sites (tertiary alicyclic amines) is 1. The third kappa shape index (κ3) is 3.49. The van der Waals surface area contributed by atoms with Crippen molar-refractivity contribution in [2.45, 2.75) is 18.1 Å². The molecule has 1 heterocycles. The number of nitrogens with zero attached hydrogens (tertiary/aromatic N) is 2. The van der Waals surface area contributed by atoms with Crippen LogP contribution in [0.25, 0.3) is 0 Å². The predicted molar refractivity (Wildman–Crippen MR) is 75.8 cm³/mol. The SMILES string of the molecule is C[N+]1(OC(=O)c2ccccc2O)CCC(SN=O)CC1. The lowest BCUT2D eigenvalue weighted by atomic mass is 10.1. The molecular weight excluding hydrogens is 280 g/mol. The fraction of sp³-hybridized carbons (Fsp3) is 0.462. The van der Waals surface area contributed by atoms with Gasteiger partial charge < -0.3 is 5.11 Å². The maximum atomic E-state index is 12.1. The molecular formula is C13H17N2O4S+. The molecule has 108 valence electrons. The van der Waals surface area contributed by atoms with Gasteiger partial charge in [0.1, 0.15) is 31.5 Å². The minimum absolute atomic E-state index is 0.0836. The van der Waals surface area contributed by atoms with Crippen LogP contribution >= 0.6 is 11.9 Å². The average Bonchev–Trinajstić information content (AvgIpc) is 2.42. The van der Waals surface area contributed by atoms with Crippen molar-refractivity contribution in [2.24, 2.45) is 4.58 Å². The Morgan fingerprint density at radius 1 is 1.40 bits per heavy atom. The molecule has 0 spiro atoms. The molecule has 1 aliphatic heterocycles. The highest BCUT2D eigenvalue weighted by atomic mass is 32.2. The summed E-state index contributed by atoms with van der Waals surface area (Å²) >= 11 is 1.05. The largest absolute Gasteiger partial charge is 0.507 e. The Kier molecular flexibility index (Phi) is 4.61. The number of hydrogen-bond acceptors (Lipinski definition) is 6. The second kappa shape index (κ2) is 6.23. The summed E-state index contributed by atoms with van der Waals surface area (Å²) in [5, 5.41) is 9.84. The van der Waals surface area contributed by atoms with Gasteiger partial charge in [0.25, 0.3) is 0 Å². The molecule has 0 aromatic heterocycles. The fourth-order valence-corrected chi connectivity index (χ4v) is 2.79. The molecule has 1 aromatic carbocycles. The van der Waals surface area contributed by atoms with Crippen molar-refractivity contribution < 1.29 is 19.4 Å². The fourth-order valence-electron chi connectivity index (χ4n) is 2.24. The number of nitroso groups, excluding NO2 is 1. The molecule has 1 aliphatic rings. The third-order valence-corrected chi connectivity index (χ3v) is 4.32. The number of phenolic OH excluding ortho intramolecular Hbond substituents is 1. The van der Waals surface area contributed by atoms with Crippen molar-refractivity contribution >= 4 is 17.9 Å². The van der Waals surface area contributed by atoms with E-state index >= 15 is 0 Å². The lowest BCUT2D eigenvalue weighted by molar-refractivity contribution is -1.08. The second-order valence-corrected chi connectivity index (χ2v) is 6.05. The Balaban J connectivity index is 1.98. The minimum Gasteiger partial charge on any atom is -0.507 e. The van der Waals surface area contributed by atoms with Crippen LogP contribution in [0.15, 0.2) is 28.8 Å². The summed E-state index contributed by atoms with van der Waals surface area (Å²) < 4.78 is 3.00. The Labute approximate surface area is 121 Å². The van der Waals surface area contributed by atoms with E-state index in [4.69, 9.17) is 4.84 Å². The molecule has 20 heavy (non-hydrogen) atoms. The predicted octanol–water partition coefficient (Wildman–Crippen LogP) is 2.49. The zero-order valence-corrected chi connectivity index (χ0v) is 12.0. The number of phenols is 1. The van der Waals surface area contributed by atoms with E-state index in [1.165, 1.54) is 12.1 Å². The quantitative estimate of drug-likeness (QED) is 0.525. The van der Waals surface area contributed by atoms with Crippen molar-refractivity contribution in [2.75, 3.05) is 20.1 Å². The number of hydrogen-bond donors (Lipinski definition) is 1. The van der Waals surface area contributed by atoms with Gasteiger partial charge in [0.05, 0.1) is 0 Å². The molecule has 0 unspecified atom stereocenters. The van der Waals surface area contributed by atoms with Gasteiger partial charge in [-0.3, -0.25) is 4.84 Å². The van der Waals surface area contributed by atoms with Gasteiger partial charge >= 0.3 is 5.97 Å². The van der Waals surface area contributed by atoms with Crippen LogP contribution in [0.2, 0.25) is 0 Å². The highest BCUT2D eigenvalue weighted by Crippen LogP contribution is 2.28. The zero-order chi connectivity index (χ0) is 14.6. The van der Waals surface area contributed by atoms with Gasteiger partial charge in [-0.1, -0.05) is 12.1 Å². The number of para-hydroxylation sites is 1. The van der Waals surface area contributed by atoms with Crippen LogP contribution in [-0.2, 0) is 4.84 Å². The van der Waals surface area contributed by atoms with E-state index in [1.54, 1.807) is 12.1 Å². The number of benzene rings is 1. The number of hydroxylamine groups is 3. The van der Waals surface area contributed by atoms with Crippen LogP contribution in [0.5, 0.6) is 5.75 Å². The standard InChI is InChI=1S/C13H16N2O4S/c1-15(8-6-10(7-9-15)20-14-18)19-13(17)11-4-2-3-5-12(11)16/h2-5,10H,6-9H2,1H3/p+1. The molecule has 0 radical (unpaired) electrons. The van der Waals surface area contributed by atoms with Gasteiger partial charge in [0.15, 0.2) is 0 Å². The summed E-state index contributed by atoms with van der Waals surface area (Å²) in [6.45, 7) is 1.26. The summed E-state index contributed by atoms with van der Waals surface area (Å²) in [6, 6.07) is 6.31. The molecule has 6 nitrogen and oxygen atoms in total. The van der Waals surface area contributed by atoms with Crippen molar-refractivity contribution in [3.05, 3.63) is 34.7 Å². The molecule has 0 aliphatic carbocycles. The number of quaternary nitrogens is 1. The summed E-state index contributed by atoms with van der Waals surface area (Å²) in [6.07, 6.45) is 1.53. The van der Waals surface area contributed by atoms with Crippen LogP contribution in [0, 0.1) is 4.91 Å². The van der Waals surface area contributed by atoms with E-state index in [0.717, 1.165) is 24.8 Å². The summed E-state index contributed by atoms with van der Waals surface area (Å²) in [4.78, 5) is 27.8. The molecule has 7 heteroatoms. The highest BCUT2D eigenvalue weighted by molar-refractivity contribution is 7.98. The maximum Gasteiger partial charge on any atom is 0.401 e. The molecule has 1 saturated heterocycles. The van der Waals surface area contributed by atoms with Crippen LogP contribution in [-0.4, -0.2) is 41.1 Å². The molecule has 1 N–H and O–H groups in total. The number of piperidine rings is 1. The smallest absolute Gasteiger partial charge is 0.401 e. The number of rotatable bonds is 4. The van der Waals surface area contributed by atoms with Gasteiger partial charge in [0.2, 0.25) is 0 Å². The van der Waals surface area contributed by atoms with Crippen LogP contribution in [0.4, 0.5) is 0 Å². The first-order valence-electron chi connectivity index (χ1n) is 6.39. The molecule has 0 amide bonds. The van der Waals surface area contributed by atoms with Gasteiger partial charge in [-0.05, 0) is 12.1 Å². The van der Waals surface area contributed by atoms with E-state index in [1.807, 2.05) is 7.05 Å². The van der Waals surface area contributed by atoms with E-state index in [2.05, 4.69) is 4.58 Å². The van der Waals surface area contributed by atoms with Crippen molar-refractivity contribution in [1.82, 2.24) is 0 Å². The van der Waals surface area contributed by atoms with Crippen LogP contribution in [0.3, 0.4) is 0 Å². The average molecular weight is 297 g/mol. The minimum atomic E-state index is -0.537. The van der Waals surface area contributed by atoms with Gasteiger partial charge in [-0.2, -0.15) is 0 Å². The first-order chi connectivity index (χ1) is 9.54. The van der Waals surface area contributed by atoms with Crippen molar-refractivity contribution in [3.63, 3.8) is 0 Å². The van der Waals surface area contributed by atoms with E-state index < -0.39 is 5.97 Å². The summed E-state index contributed by atoms with van der Waals surface area (Å²) in [5.74, 6) is -0.620. The molecule has 1 fully saturated rings. The van der Waals surface area contributed by atoms with E-state index in [-0.39, 0.29) is 21.2 Å². The van der Waals surface area contributed by atoms with Gasteiger partial charge in [-0.15, -0.1) is 9.55 Å². The van der Waals surface area contributed by atoms with E-state index in [9.17, 15) is 14.8 Å². The summed E-state index contributed by atoms with van der Waals surface area (Å²) in [5.41, 5.74) is 0.165. The highest BCUT2D eigenvalue weighted by Gasteiger charge is 2.35. The van der Waals surface area contributed by atoms with Gasteiger partial charge in [0, 0.05) is 34.6 Å². The Morgan fingerprint density at radius 3 is 2.65 bits per heavy atom. The number of carbonyl (C=O) groups is 1. The Morgan fingerprint density at radius 2 is 2.05 bits per heavy atom. The van der Waals surface area contributed by atoms with Crippen LogP contribution in [0.1, 0.15) is 23.2 Å². The Hall–Kier alpha value is -1.60. The molecule has 0 atom stereocenters. The first-order valence-corrected chi connectivity index (χ1v) is 7.23. The van der Waals surface area contributed by atoms with E-state index in [0.29, 0.717) is 13.1 Å². The number of carbonyl (C=O) groups excluding carboxylic acids is 1. The van der Waals surface area contributed by atoms with Crippen molar-refractivity contribution in [3.8, 4) is 5.75 Å². The molecule has 0 saturated carbocycles. The third-order valence-electron chi connectivity index (χ3n) is 3.47. The molecule has 1 aromatic rings. The lowest BCUT2D eigenvalue weighted by Gasteiger charge is -2.35. The normalized spacial score (nSPS) is 25.9. The number of aromatic hydroxyl groups is 1.